The van der Waals surface area contributed by atoms with Gasteiger partial charge in [0.25, 0.3) is 0 Å². The molecule has 0 aliphatic rings. The van der Waals surface area contributed by atoms with Gasteiger partial charge in [-0.1, -0.05) is 48.5 Å². The molecule has 0 bridgehead atoms. The number of hydrogen-bond acceptors (Lipinski definition) is 2. The van der Waals surface area contributed by atoms with Gasteiger partial charge in [-0.25, -0.2) is 0 Å². The van der Waals surface area contributed by atoms with Crippen LogP contribution in [-0.2, 0) is 0 Å². The molecule has 1 unspecified atom stereocenters. The molecule has 1 atom stereocenters. The second-order valence-corrected chi connectivity index (χ2v) is 4.56. The van der Waals surface area contributed by atoms with Crippen LogP contribution in [0.15, 0.2) is 66.5 Å². The van der Waals surface area contributed by atoms with Crippen molar-refractivity contribution in [3.63, 3.8) is 0 Å². The van der Waals surface area contributed by atoms with Crippen LogP contribution in [0.25, 0.3) is 0 Å². The van der Waals surface area contributed by atoms with E-state index in [2.05, 4.69) is 29.0 Å². The standard InChI is InChI=1S/C15H15ClN2/c1-12(16)11-18-15(13-5-3-2-4-6-13)14-7-9-17-10-8-14/h2-10,15,18H,1,11H2. The first kappa shape index (κ1) is 12.8. The first-order valence-corrected chi connectivity index (χ1v) is 6.16. The zero-order chi connectivity index (χ0) is 12.8. The van der Waals surface area contributed by atoms with Gasteiger partial charge in [-0.3, -0.25) is 4.98 Å². The highest BCUT2D eigenvalue weighted by Crippen LogP contribution is 2.21. The van der Waals surface area contributed by atoms with E-state index in [-0.39, 0.29) is 6.04 Å². The number of hydrogen-bond donors (Lipinski definition) is 1. The van der Waals surface area contributed by atoms with Crippen molar-refractivity contribution in [1.29, 1.82) is 0 Å². The molecule has 1 heterocycles. The summed E-state index contributed by atoms with van der Waals surface area (Å²) in [5.41, 5.74) is 2.36. The summed E-state index contributed by atoms with van der Waals surface area (Å²) < 4.78 is 0. The van der Waals surface area contributed by atoms with E-state index >= 15 is 0 Å². The van der Waals surface area contributed by atoms with Crippen molar-refractivity contribution in [3.8, 4) is 0 Å². The van der Waals surface area contributed by atoms with Crippen LogP contribution in [0.1, 0.15) is 17.2 Å². The zero-order valence-corrected chi connectivity index (χ0v) is 10.8. The molecule has 0 saturated carbocycles. The SMILES string of the molecule is C=C(Cl)CNC(c1ccccc1)c1ccncc1. The van der Waals surface area contributed by atoms with Crippen molar-refractivity contribution in [2.24, 2.45) is 0 Å². The molecule has 0 spiro atoms. The summed E-state index contributed by atoms with van der Waals surface area (Å²) in [6.07, 6.45) is 3.59. The summed E-state index contributed by atoms with van der Waals surface area (Å²) in [6, 6.07) is 14.4. The summed E-state index contributed by atoms with van der Waals surface area (Å²) in [5, 5.41) is 3.99. The highest BCUT2D eigenvalue weighted by molar-refractivity contribution is 6.29. The minimum absolute atomic E-state index is 0.102. The molecule has 1 N–H and O–H groups in total. The third-order valence-electron chi connectivity index (χ3n) is 2.67. The summed E-state index contributed by atoms with van der Waals surface area (Å²) in [7, 11) is 0. The molecular weight excluding hydrogens is 244 g/mol. The first-order chi connectivity index (χ1) is 8.77. The normalized spacial score (nSPS) is 12.1. The molecule has 3 heteroatoms. The number of nitrogens with zero attached hydrogens (tertiary/aromatic N) is 1. The van der Waals surface area contributed by atoms with Crippen LogP contribution in [0, 0.1) is 0 Å². The van der Waals surface area contributed by atoms with E-state index in [0.717, 1.165) is 5.56 Å². The molecule has 0 saturated heterocycles. The number of aromatic nitrogens is 1. The Morgan fingerprint density at radius 2 is 1.72 bits per heavy atom. The van der Waals surface area contributed by atoms with E-state index < -0.39 is 0 Å². The topological polar surface area (TPSA) is 24.9 Å². The van der Waals surface area contributed by atoms with Crippen molar-refractivity contribution in [2.45, 2.75) is 6.04 Å². The molecule has 0 aliphatic heterocycles. The smallest absolute Gasteiger partial charge is 0.0580 e. The highest BCUT2D eigenvalue weighted by atomic mass is 35.5. The maximum Gasteiger partial charge on any atom is 0.0580 e. The summed E-state index contributed by atoms with van der Waals surface area (Å²) in [4.78, 5) is 4.05. The Hall–Kier alpha value is -1.64. The van der Waals surface area contributed by atoms with Gasteiger partial charge in [-0.05, 0) is 23.3 Å². The fourth-order valence-electron chi connectivity index (χ4n) is 1.84. The fourth-order valence-corrected chi connectivity index (χ4v) is 1.92. The number of halogens is 1. The van der Waals surface area contributed by atoms with Gasteiger partial charge in [-0.2, -0.15) is 0 Å². The Kier molecular flexibility index (Phi) is 4.51. The number of rotatable bonds is 5. The van der Waals surface area contributed by atoms with Crippen molar-refractivity contribution >= 4 is 11.6 Å². The number of nitrogens with one attached hydrogen (secondary N) is 1. The largest absolute Gasteiger partial charge is 0.301 e. The van der Waals surface area contributed by atoms with Crippen LogP contribution in [0.2, 0.25) is 0 Å². The molecule has 2 aromatic rings. The van der Waals surface area contributed by atoms with Crippen LogP contribution in [-0.4, -0.2) is 11.5 Å². The van der Waals surface area contributed by atoms with Gasteiger partial charge in [0.15, 0.2) is 0 Å². The second-order valence-electron chi connectivity index (χ2n) is 4.02. The van der Waals surface area contributed by atoms with Crippen LogP contribution in [0.5, 0.6) is 0 Å². The lowest BCUT2D eigenvalue weighted by atomic mass is 10.00. The fraction of sp³-hybridized carbons (Fsp3) is 0.133. The first-order valence-electron chi connectivity index (χ1n) is 5.79. The maximum absolute atomic E-state index is 5.83. The van der Waals surface area contributed by atoms with E-state index in [1.165, 1.54) is 5.56 Å². The lowest BCUT2D eigenvalue weighted by Crippen LogP contribution is -2.23. The Balaban J connectivity index is 2.26. The van der Waals surface area contributed by atoms with Gasteiger partial charge < -0.3 is 5.32 Å². The number of benzene rings is 1. The average Bonchev–Trinajstić information content (AvgIpc) is 2.41. The molecule has 18 heavy (non-hydrogen) atoms. The monoisotopic (exact) mass is 258 g/mol. The van der Waals surface area contributed by atoms with Gasteiger partial charge in [0.1, 0.15) is 0 Å². The third-order valence-corrected chi connectivity index (χ3v) is 2.80. The summed E-state index contributed by atoms with van der Waals surface area (Å²) in [6.45, 7) is 4.28. The molecule has 1 aromatic heterocycles. The minimum Gasteiger partial charge on any atom is -0.301 e. The van der Waals surface area contributed by atoms with Crippen molar-refractivity contribution in [2.75, 3.05) is 6.54 Å². The van der Waals surface area contributed by atoms with E-state index in [0.29, 0.717) is 11.6 Å². The molecule has 1 aromatic carbocycles. The summed E-state index contributed by atoms with van der Waals surface area (Å²) in [5.74, 6) is 0. The van der Waals surface area contributed by atoms with Gasteiger partial charge >= 0.3 is 0 Å². The van der Waals surface area contributed by atoms with E-state index in [4.69, 9.17) is 11.6 Å². The molecule has 0 aliphatic carbocycles. The second kappa shape index (κ2) is 6.34. The van der Waals surface area contributed by atoms with Crippen molar-refractivity contribution < 1.29 is 0 Å². The molecular formula is C15H15ClN2. The highest BCUT2D eigenvalue weighted by Gasteiger charge is 2.12. The van der Waals surface area contributed by atoms with Crippen LogP contribution < -0.4 is 5.32 Å². The molecule has 92 valence electrons. The molecule has 2 rings (SSSR count). The Morgan fingerprint density at radius 3 is 2.33 bits per heavy atom. The predicted octanol–water partition coefficient (Wildman–Crippen LogP) is 3.51. The van der Waals surface area contributed by atoms with Gasteiger partial charge in [-0.15, -0.1) is 0 Å². The summed E-state index contributed by atoms with van der Waals surface area (Å²) >= 11 is 5.83. The van der Waals surface area contributed by atoms with Gasteiger partial charge in [0, 0.05) is 24.0 Å². The van der Waals surface area contributed by atoms with Crippen LogP contribution in [0.4, 0.5) is 0 Å². The van der Waals surface area contributed by atoms with Crippen LogP contribution >= 0.6 is 11.6 Å². The van der Waals surface area contributed by atoms with E-state index in [9.17, 15) is 0 Å². The Morgan fingerprint density at radius 1 is 1.11 bits per heavy atom. The zero-order valence-electron chi connectivity index (χ0n) is 10.0. The van der Waals surface area contributed by atoms with E-state index in [1.807, 2.05) is 30.3 Å². The lowest BCUT2D eigenvalue weighted by molar-refractivity contribution is 0.648. The van der Waals surface area contributed by atoms with Gasteiger partial charge in [0.05, 0.1) is 6.04 Å². The van der Waals surface area contributed by atoms with Crippen LogP contribution in [0.3, 0.4) is 0 Å². The van der Waals surface area contributed by atoms with Crippen molar-refractivity contribution in [1.82, 2.24) is 10.3 Å². The Bertz CT molecular complexity index is 457. The van der Waals surface area contributed by atoms with Gasteiger partial charge in [0.2, 0.25) is 0 Å². The molecule has 0 amide bonds. The van der Waals surface area contributed by atoms with E-state index in [1.54, 1.807) is 12.4 Å². The lowest BCUT2D eigenvalue weighted by Gasteiger charge is -2.19. The Labute approximate surface area is 112 Å². The molecule has 0 fully saturated rings. The maximum atomic E-state index is 5.83. The molecule has 0 radical (unpaired) electrons. The quantitative estimate of drug-likeness (QED) is 0.888. The third kappa shape index (κ3) is 3.42. The predicted molar refractivity (Wildman–Crippen MR) is 75.5 cm³/mol. The minimum atomic E-state index is 0.102. The van der Waals surface area contributed by atoms with Crippen molar-refractivity contribution in [3.05, 3.63) is 77.6 Å². The average molecular weight is 259 g/mol. The molecule has 2 nitrogen and oxygen atoms in total. The number of pyridine rings is 1.